The van der Waals surface area contributed by atoms with Crippen LogP contribution in [-0.2, 0) is 0 Å². The number of carbonyl (C=O) groups excluding carboxylic acids is 1. The second-order valence-electron chi connectivity index (χ2n) is 4.11. The molecular formula is C15H11Br2FO3. The van der Waals surface area contributed by atoms with Crippen molar-refractivity contribution in [1.82, 2.24) is 0 Å². The number of Topliss-reactive ketones (excluding diaryl/α,β-unsaturated/α-hetero) is 1. The average molecular weight is 418 g/mol. The van der Waals surface area contributed by atoms with Crippen molar-refractivity contribution in [2.24, 2.45) is 0 Å². The molecule has 2 rings (SSSR count). The van der Waals surface area contributed by atoms with Crippen LogP contribution in [0.5, 0.6) is 11.5 Å². The van der Waals surface area contributed by atoms with E-state index < -0.39 is 5.82 Å². The number of ketones is 1. The van der Waals surface area contributed by atoms with E-state index in [0.29, 0.717) is 11.5 Å². The number of benzene rings is 2. The molecule has 0 N–H and O–H groups in total. The summed E-state index contributed by atoms with van der Waals surface area (Å²) in [4.78, 5) is 12.2. The predicted octanol–water partition coefficient (Wildman–Crippen LogP) is 4.62. The van der Waals surface area contributed by atoms with Crippen molar-refractivity contribution >= 4 is 37.6 Å². The van der Waals surface area contributed by atoms with Gasteiger partial charge in [0, 0.05) is 0 Å². The van der Waals surface area contributed by atoms with Crippen LogP contribution in [0.25, 0.3) is 0 Å². The van der Waals surface area contributed by atoms with E-state index in [4.69, 9.17) is 9.47 Å². The van der Waals surface area contributed by atoms with E-state index in [2.05, 4.69) is 31.9 Å². The van der Waals surface area contributed by atoms with Crippen LogP contribution < -0.4 is 9.47 Å². The molecule has 0 aromatic heterocycles. The third-order valence-corrected chi connectivity index (χ3v) is 3.98. The van der Waals surface area contributed by atoms with Gasteiger partial charge in [-0.3, -0.25) is 4.79 Å². The molecule has 21 heavy (non-hydrogen) atoms. The minimum atomic E-state index is -0.499. The zero-order valence-electron chi connectivity index (χ0n) is 11.0. The van der Waals surface area contributed by atoms with Gasteiger partial charge in [-0.15, -0.1) is 0 Å². The van der Waals surface area contributed by atoms with Crippen LogP contribution in [0.2, 0.25) is 0 Å². The summed E-state index contributed by atoms with van der Waals surface area (Å²) in [5.41, 5.74) is 0.153. The van der Waals surface area contributed by atoms with Crippen LogP contribution in [0.4, 0.5) is 4.39 Å². The number of halogens is 3. The van der Waals surface area contributed by atoms with Gasteiger partial charge in [0.15, 0.2) is 6.61 Å². The van der Waals surface area contributed by atoms with Crippen molar-refractivity contribution in [3.8, 4) is 11.5 Å². The molecular weight excluding hydrogens is 407 g/mol. The van der Waals surface area contributed by atoms with Crippen molar-refractivity contribution in [2.45, 2.75) is 0 Å². The quantitative estimate of drug-likeness (QED) is 0.666. The zero-order valence-corrected chi connectivity index (χ0v) is 14.2. The van der Waals surface area contributed by atoms with Gasteiger partial charge in [-0.2, -0.15) is 0 Å². The number of hydrogen-bond donors (Lipinski definition) is 0. The first-order valence-electron chi connectivity index (χ1n) is 5.96. The highest BCUT2D eigenvalue weighted by Crippen LogP contribution is 2.33. The third kappa shape index (κ3) is 3.83. The van der Waals surface area contributed by atoms with Crippen molar-refractivity contribution in [3.05, 3.63) is 56.7 Å². The number of ether oxygens (including phenoxy) is 2. The van der Waals surface area contributed by atoms with E-state index in [0.717, 1.165) is 15.0 Å². The Labute approximate surface area is 138 Å². The summed E-state index contributed by atoms with van der Waals surface area (Å²) in [5, 5.41) is 0. The number of para-hydroxylation sites is 1. The Morgan fingerprint density at radius 3 is 2.48 bits per heavy atom. The molecule has 6 heteroatoms. The lowest BCUT2D eigenvalue weighted by molar-refractivity contribution is 0.0917. The van der Waals surface area contributed by atoms with E-state index in [1.54, 1.807) is 12.1 Å². The van der Waals surface area contributed by atoms with Gasteiger partial charge in [-0.25, -0.2) is 4.39 Å². The van der Waals surface area contributed by atoms with Gasteiger partial charge in [0.05, 0.1) is 21.6 Å². The SMILES string of the molecule is COc1ccc(F)cc1C(=O)COc1c(Br)cccc1Br. The van der Waals surface area contributed by atoms with Crippen LogP contribution in [0.1, 0.15) is 10.4 Å². The van der Waals surface area contributed by atoms with Crippen LogP contribution >= 0.6 is 31.9 Å². The molecule has 0 atom stereocenters. The molecule has 0 saturated heterocycles. The summed E-state index contributed by atoms with van der Waals surface area (Å²) in [6.45, 7) is -0.221. The standard InChI is InChI=1S/C15H11Br2FO3/c1-20-14-6-5-9(18)7-10(14)13(19)8-21-15-11(16)3-2-4-12(15)17/h2-7H,8H2,1H3. The van der Waals surface area contributed by atoms with E-state index in [1.807, 2.05) is 6.07 Å². The Kier molecular flexibility index (Phi) is 5.36. The van der Waals surface area contributed by atoms with Gasteiger partial charge >= 0.3 is 0 Å². The topological polar surface area (TPSA) is 35.5 Å². The number of rotatable bonds is 5. The monoisotopic (exact) mass is 416 g/mol. The molecule has 2 aromatic carbocycles. The summed E-state index contributed by atoms with van der Waals surface area (Å²) < 4.78 is 25.3. The Morgan fingerprint density at radius 2 is 1.86 bits per heavy atom. The Hall–Kier alpha value is -1.40. The molecule has 0 spiro atoms. The van der Waals surface area contributed by atoms with Crippen molar-refractivity contribution in [2.75, 3.05) is 13.7 Å². The molecule has 0 aliphatic carbocycles. The molecule has 0 amide bonds. The summed E-state index contributed by atoms with van der Waals surface area (Å²) in [5.74, 6) is -0.0346. The average Bonchev–Trinajstić information content (AvgIpc) is 2.46. The Morgan fingerprint density at radius 1 is 1.19 bits per heavy atom. The van der Waals surface area contributed by atoms with E-state index in [9.17, 15) is 9.18 Å². The van der Waals surface area contributed by atoms with Gasteiger partial charge < -0.3 is 9.47 Å². The first kappa shape index (κ1) is 16.0. The van der Waals surface area contributed by atoms with Crippen LogP contribution in [0.3, 0.4) is 0 Å². The second-order valence-corrected chi connectivity index (χ2v) is 5.82. The first-order valence-corrected chi connectivity index (χ1v) is 7.55. The van der Waals surface area contributed by atoms with Gasteiger partial charge in [0.1, 0.15) is 17.3 Å². The molecule has 0 heterocycles. The molecule has 2 aromatic rings. The molecule has 0 saturated carbocycles. The summed E-state index contributed by atoms with van der Waals surface area (Å²) in [6, 6.07) is 9.22. The number of carbonyl (C=O) groups is 1. The van der Waals surface area contributed by atoms with E-state index >= 15 is 0 Å². The highest BCUT2D eigenvalue weighted by Gasteiger charge is 2.15. The maximum atomic E-state index is 13.3. The van der Waals surface area contributed by atoms with Gasteiger partial charge in [0.2, 0.25) is 5.78 Å². The molecule has 0 bridgehead atoms. The summed E-state index contributed by atoms with van der Waals surface area (Å²) >= 11 is 6.68. The predicted molar refractivity (Wildman–Crippen MR) is 84.6 cm³/mol. The molecule has 0 aliphatic rings. The third-order valence-electron chi connectivity index (χ3n) is 2.73. The molecule has 3 nitrogen and oxygen atoms in total. The lowest BCUT2D eigenvalue weighted by atomic mass is 10.1. The maximum Gasteiger partial charge on any atom is 0.204 e. The van der Waals surface area contributed by atoms with Gasteiger partial charge in [0.25, 0.3) is 0 Å². The highest BCUT2D eigenvalue weighted by atomic mass is 79.9. The minimum absolute atomic E-state index is 0.153. The van der Waals surface area contributed by atoms with Crippen molar-refractivity contribution in [1.29, 1.82) is 0 Å². The molecule has 110 valence electrons. The van der Waals surface area contributed by atoms with Crippen molar-refractivity contribution in [3.63, 3.8) is 0 Å². The maximum absolute atomic E-state index is 13.3. The smallest absolute Gasteiger partial charge is 0.204 e. The Balaban J connectivity index is 2.17. The fourth-order valence-corrected chi connectivity index (χ4v) is 2.96. The lowest BCUT2D eigenvalue weighted by Crippen LogP contribution is -2.13. The summed E-state index contributed by atoms with van der Waals surface area (Å²) in [6.07, 6.45) is 0. The number of methoxy groups -OCH3 is 1. The van der Waals surface area contributed by atoms with Crippen LogP contribution in [-0.4, -0.2) is 19.5 Å². The minimum Gasteiger partial charge on any atom is -0.496 e. The number of hydrogen-bond acceptors (Lipinski definition) is 3. The summed E-state index contributed by atoms with van der Waals surface area (Å²) in [7, 11) is 1.43. The molecule has 0 radical (unpaired) electrons. The van der Waals surface area contributed by atoms with Crippen LogP contribution in [0, 0.1) is 5.82 Å². The second kappa shape index (κ2) is 7.04. The van der Waals surface area contributed by atoms with Gasteiger partial charge in [-0.1, -0.05) is 6.07 Å². The van der Waals surface area contributed by atoms with Crippen LogP contribution in [0.15, 0.2) is 45.3 Å². The molecule has 0 aliphatic heterocycles. The Bertz CT molecular complexity index is 654. The fourth-order valence-electron chi connectivity index (χ4n) is 1.73. The lowest BCUT2D eigenvalue weighted by Gasteiger charge is -2.11. The van der Waals surface area contributed by atoms with Gasteiger partial charge in [-0.05, 0) is 62.2 Å². The highest BCUT2D eigenvalue weighted by molar-refractivity contribution is 9.11. The first-order chi connectivity index (χ1) is 10.0. The zero-order chi connectivity index (χ0) is 15.4. The molecule has 0 unspecified atom stereocenters. The largest absolute Gasteiger partial charge is 0.496 e. The molecule has 0 fully saturated rings. The normalized spacial score (nSPS) is 10.3. The van der Waals surface area contributed by atoms with E-state index in [1.165, 1.54) is 19.2 Å². The fraction of sp³-hybridized carbons (Fsp3) is 0.133. The van der Waals surface area contributed by atoms with E-state index in [-0.39, 0.29) is 18.0 Å². The van der Waals surface area contributed by atoms with Crippen molar-refractivity contribution < 1.29 is 18.7 Å².